The largest absolute Gasteiger partial charge is 0.496 e. The number of rotatable bonds is 7. The van der Waals surface area contributed by atoms with Crippen LogP contribution in [-0.4, -0.2) is 14.2 Å². The maximum atomic E-state index is 5.72. The van der Waals surface area contributed by atoms with E-state index >= 15 is 0 Å². The average molecular weight is 284 g/mol. The van der Waals surface area contributed by atoms with Crippen LogP contribution in [0.2, 0.25) is 0 Å². The van der Waals surface area contributed by atoms with Gasteiger partial charge in [-0.05, 0) is 30.0 Å². The van der Waals surface area contributed by atoms with Crippen molar-refractivity contribution in [2.24, 2.45) is 0 Å². The van der Waals surface area contributed by atoms with Crippen molar-refractivity contribution in [2.45, 2.75) is 32.6 Å². The predicted octanol–water partition coefficient (Wildman–Crippen LogP) is 5.10. The molecular formula is C19H24O2. The van der Waals surface area contributed by atoms with E-state index in [9.17, 15) is 0 Å². The molecule has 2 rings (SSSR count). The van der Waals surface area contributed by atoms with Gasteiger partial charge in [-0.15, -0.1) is 0 Å². The van der Waals surface area contributed by atoms with E-state index in [1.165, 1.54) is 24.8 Å². The molecule has 0 heterocycles. The predicted molar refractivity (Wildman–Crippen MR) is 88.2 cm³/mol. The molecule has 0 spiro atoms. The molecule has 0 radical (unpaired) electrons. The van der Waals surface area contributed by atoms with Crippen LogP contribution in [0.5, 0.6) is 11.5 Å². The van der Waals surface area contributed by atoms with Crippen LogP contribution in [0.1, 0.15) is 31.7 Å². The van der Waals surface area contributed by atoms with Gasteiger partial charge in [-0.2, -0.15) is 0 Å². The van der Waals surface area contributed by atoms with Crippen LogP contribution in [0, 0.1) is 0 Å². The number of methoxy groups -OCH3 is 2. The Morgan fingerprint density at radius 3 is 2.24 bits per heavy atom. The second-order valence-electron chi connectivity index (χ2n) is 5.16. The van der Waals surface area contributed by atoms with Crippen LogP contribution in [0.3, 0.4) is 0 Å². The lowest BCUT2D eigenvalue weighted by Gasteiger charge is -2.17. The molecule has 0 unspecified atom stereocenters. The summed E-state index contributed by atoms with van der Waals surface area (Å²) in [6.07, 6.45) is 4.70. The highest BCUT2D eigenvalue weighted by atomic mass is 16.5. The minimum atomic E-state index is 0.859. The van der Waals surface area contributed by atoms with Gasteiger partial charge in [0.05, 0.1) is 19.8 Å². The van der Waals surface area contributed by atoms with E-state index in [0.29, 0.717) is 0 Å². The van der Waals surface area contributed by atoms with Crippen molar-refractivity contribution in [2.75, 3.05) is 14.2 Å². The fraction of sp³-hybridized carbons (Fsp3) is 0.368. The van der Waals surface area contributed by atoms with Crippen molar-refractivity contribution in [1.82, 2.24) is 0 Å². The van der Waals surface area contributed by atoms with Gasteiger partial charge in [0.25, 0.3) is 0 Å². The van der Waals surface area contributed by atoms with Gasteiger partial charge >= 0.3 is 0 Å². The lowest BCUT2D eigenvalue weighted by atomic mass is 9.97. The summed E-state index contributed by atoms with van der Waals surface area (Å²) in [5.41, 5.74) is 3.43. The molecule has 2 aromatic carbocycles. The van der Waals surface area contributed by atoms with Gasteiger partial charge in [-0.1, -0.05) is 56.2 Å². The lowest BCUT2D eigenvalue weighted by molar-refractivity contribution is 0.393. The molecule has 0 amide bonds. The van der Waals surface area contributed by atoms with Gasteiger partial charge < -0.3 is 9.47 Å². The van der Waals surface area contributed by atoms with E-state index in [4.69, 9.17) is 9.47 Å². The van der Waals surface area contributed by atoms with Crippen molar-refractivity contribution in [3.8, 4) is 22.6 Å². The topological polar surface area (TPSA) is 18.5 Å². The zero-order chi connectivity index (χ0) is 15.1. The average Bonchev–Trinajstić information content (AvgIpc) is 2.55. The molecule has 21 heavy (non-hydrogen) atoms. The molecule has 0 bridgehead atoms. The third-order valence-corrected chi connectivity index (χ3v) is 3.74. The first-order chi connectivity index (χ1) is 10.3. The van der Waals surface area contributed by atoms with Gasteiger partial charge in [0, 0.05) is 0 Å². The smallest absolute Gasteiger partial charge is 0.133 e. The molecule has 2 heteroatoms. The molecule has 2 aromatic rings. The van der Waals surface area contributed by atoms with E-state index in [0.717, 1.165) is 29.0 Å². The second-order valence-corrected chi connectivity index (χ2v) is 5.16. The lowest BCUT2D eigenvalue weighted by Crippen LogP contribution is -1.98. The van der Waals surface area contributed by atoms with Crippen molar-refractivity contribution in [3.63, 3.8) is 0 Å². The Morgan fingerprint density at radius 2 is 1.62 bits per heavy atom. The van der Waals surface area contributed by atoms with E-state index in [1.54, 1.807) is 14.2 Å². The minimum absolute atomic E-state index is 0.859. The highest BCUT2D eigenvalue weighted by Crippen LogP contribution is 2.41. The molecule has 0 fully saturated rings. The number of benzene rings is 2. The first kappa shape index (κ1) is 15.4. The van der Waals surface area contributed by atoms with Crippen LogP contribution >= 0.6 is 0 Å². The van der Waals surface area contributed by atoms with E-state index in [1.807, 2.05) is 24.3 Å². The SMILES string of the molecule is CCCCCc1ccc(OC)c(-c2ccccc2)c1OC. The first-order valence-corrected chi connectivity index (χ1v) is 7.61. The van der Waals surface area contributed by atoms with Gasteiger partial charge in [-0.3, -0.25) is 0 Å². The molecule has 0 saturated carbocycles. The molecule has 0 atom stereocenters. The molecule has 0 N–H and O–H groups in total. The summed E-state index contributed by atoms with van der Waals surface area (Å²) in [5.74, 6) is 1.80. The molecule has 0 saturated heterocycles. The van der Waals surface area contributed by atoms with E-state index < -0.39 is 0 Å². The third kappa shape index (κ3) is 3.57. The molecular weight excluding hydrogens is 260 g/mol. The monoisotopic (exact) mass is 284 g/mol. The maximum absolute atomic E-state index is 5.72. The van der Waals surface area contributed by atoms with Crippen molar-refractivity contribution in [1.29, 1.82) is 0 Å². The Balaban J connectivity index is 2.47. The number of hydrogen-bond donors (Lipinski definition) is 0. The molecule has 0 aromatic heterocycles. The Bertz CT molecular complexity index is 561. The Morgan fingerprint density at radius 1 is 0.857 bits per heavy atom. The van der Waals surface area contributed by atoms with Crippen LogP contribution < -0.4 is 9.47 Å². The highest BCUT2D eigenvalue weighted by Gasteiger charge is 2.16. The quantitative estimate of drug-likeness (QED) is 0.658. The zero-order valence-corrected chi connectivity index (χ0v) is 13.2. The minimum Gasteiger partial charge on any atom is -0.496 e. The third-order valence-electron chi connectivity index (χ3n) is 3.74. The number of aryl methyl sites for hydroxylation is 1. The van der Waals surface area contributed by atoms with Crippen molar-refractivity contribution in [3.05, 3.63) is 48.0 Å². The van der Waals surface area contributed by atoms with Crippen molar-refractivity contribution < 1.29 is 9.47 Å². The maximum Gasteiger partial charge on any atom is 0.133 e. The highest BCUT2D eigenvalue weighted by molar-refractivity contribution is 5.78. The number of ether oxygens (including phenoxy) is 2. The van der Waals surface area contributed by atoms with Crippen LogP contribution in [-0.2, 0) is 6.42 Å². The Labute approximate surface area is 127 Å². The summed E-state index contributed by atoms with van der Waals surface area (Å²) in [6.45, 7) is 2.22. The molecule has 0 aliphatic heterocycles. The fourth-order valence-electron chi connectivity index (χ4n) is 2.65. The van der Waals surface area contributed by atoms with Gasteiger partial charge in [-0.25, -0.2) is 0 Å². The summed E-state index contributed by atoms with van der Waals surface area (Å²) in [4.78, 5) is 0. The zero-order valence-electron chi connectivity index (χ0n) is 13.2. The summed E-state index contributed by atoms with van der Waals surface area (Å²) < 4.78 is 11.3. The van der Waals surface area contributed by atoms with Gasteiger partial charge in [0.1, 0.15) is 11.5 Å². The fourth-order valence-corrected chi connectivity index (χ4v) is 2.65. The first-order valence-electron chi connectivity index (χ1n) is 7.61. The summed E-state index contributed by atoms with van der Waals surface area (Å²) >= 11 is 0. The second kappa shape index (κ2) is 7.72. The van der Waals surface area contributed by atoms with Crippen LogP contribution in [0.15, 0.2) is 42.5 Å². The molecule has 0 aliphatic rings. The van der Waals surface area contributed by atoms with Crippen LogP contribution in [0.4, 0.5) is 0 Å². The van der Waals surface area contributed by atoms with Gasteiger partial charge in [0.15, 0.2) is 0 Å². The van der Waals surface area contributed by atoms with E-state index in [2.05, 4.69) is 25.1 Å². The number of unbranched alkanes of at least 4 members (excludes halogenated alkanes) is 2. The summed E-state index contributed by atoms with van der Waals surface area (Å²) in [7, 11) is 3.45. The standard InChI is InChI=1S/C19H24O2/c1-4-5-7-12-16-13-14-17(20-2)18(19(16)21-3)15-10-8-6-9-11-15/h6,8-11,13-14H,4-5,7,12H2,1-3H3. The Kier molecular flexibility index (Phi) is 5.68. The van der Waals surface area contributed by atoms with Crippen molar-refractivity contribution >= 4 is 0 Å². The molecule has 2 nitrogen and oxygen atoms in total. The summed E-state index contributed by atoms with van der Waals surface area (Å²) in [5, 5.41) is 0. The normalized spacial score (nSPS) is 10.4. The Hall–Kier alpha value is -1.96. The molecule has 112 valence electrons. The number of hydrogen-bond acceptors (Lipinski definition) is 2. The van der Waals surface area contributed by atoms with E-state index in [-0.39, 0.29) is 0 Å². The van der Waals surface area contributed by atoms with Gasteiger partial charge in [0.2, 0.25) is 0 Å². The van der Waals surface area contributed by atoms with Crippen LogP contribution in [0.25, 0.3) is 11.1 Å². The summed E-state index contributed by atoms with van der Waals surface area (Å²) in [6, 6.07) is 14.5. The molecule has 0 aliphatic carbocycles.